The number of nitrogens with one attached hydrogen (secondary N) is 2. The molecule has 0 bridgehead atoms. The lowest BCUT2D eigenvalue weighted by atomic mass is 9.95. The largest absolute Gasteiger partial charge is 0.312 e. The fraction of sp³-hybridized carbons (Fsp3) is 1.00. The van der Waals surface area contributed by atoms with Crippen molar-refractivity contribution in [2.24, 2.45) is 0 Å². The zero-order valence-electron chi connectivity index (χ0n) is 14.9. The van der Waals surface area contributed by atoms with Crippen molar-refractivity contribution in [2.75, 3.05) is 13.1 Å². The third-order valence-corrected chi connectivity index (χ3v) is 5.68. The zero-order valence-corrected chi connectivity index (χ0v) is 14.9. The van der Waals surface area contributed by atoms with Gasteiger partial charge in [-0.25, -0.2) is 0 Å². The molecule has 0 aliphatic carbocycles. The van der Waals surface area contributed by atoms with Crippen molar-refractivity contribution < 1.29 is 0 Å². The highest BCUT2D eigenvalue weighted by Gasteiger charge is 2.20. The van der Waals surface area contributed by atoms with Gasteiger partial charge in [0, 0.05) is 12.1 Å². The van der Waals surface area contributed by atoms with Crippen LogP contribution in [-0.2, 0) is 0 Å². The van der Waals surface area contributed by atoms with Gasteiger partial charge in [-0.3, -0.25) is 0 Å². The molecule has 0 aromatic carbocycles. The molecule has 2 fully saturated rings. The van der Waals surface area contributed by atoms with Crippen LogP contribution >= 0.6 is 0 Å². The van der Waals surface area contributed by atoms with Gasteiger partial charge in [-0.2, -0.15) is 0 Å². The van der Waals surface area contributed by atoms with Crippen LogP contribution in [0.4, 0.5) is 0 Å². The molecule has 0 spiro atoms. The predicted octanol–water partition coefficient (Wildman–Crippen LogP) is 5.17. The lowest BCUT2D eigenvalue weighted by Gasteiger charge is -2.29. The Balaban J connectivity index is 1.83. The van der Waals surface area contributed by atoms with E-state index in [1.54, 1.807) is 0 Å². The van der Waals surface area contributed by atoms with Crippen LogP contribution in [0, 0.1) is 0 Å². The first-order valence-electron chi connectivity index (χ1n) is 10.4. The lowest BCUT2D eigenvalue weighted by Crippen LogP contribution is -2.48. The minimum absolute atomic E-state index is 0.721. The molecule has 2 aliphatic heterocycles. The Morgan fingerprint density at radius 2 is 0.682 bits per heavy atom. The molecule has 2 nitrogen and oxygen atoms in total. The predicted molar refractivity (Wildman–Crippen MR) is 97.5 cm³/mol. The standard InChI is InChI=1S/C20H40N2/c1-3-7-11-15-19(21-17-13-9-5-1)20-16-12-8-4-2-6-10-14-18-22-20/h19-22H,1-18H2. The van der Waals surface area contributed by atoms with E-state index in [9.17, 15) is 0 Å². The number of rotatable bonds is 1. The van der Waals surface area contributed by atoms with Gasteiger partial charge in [0.1, 0.15) is 0 Å². The lowest BCUT2D eigenvalue weighted by molar-refractivity contribution is 0.321. The Morgan fingerprint density at radius 3 is 1.09 bits per heavy atom. The van der Waals surface area contributed by atoms with Crippen LogP contribution in [0.2, 0.25) is 0 Å². The van der Waals surface area contributed by atoms with Crippen molar-refractivity contribution in [2.45, 2.75) is 115 Å². The van der Waals surface area contributed by atoms with Gasteiger partial charge in [-0.05, 0) is 38.8 Å². The molecule has 0 amide bonds. The first-order chi connectivity index (χ1) is 11.0. The van der Waals surface area contributed by atoms with Crippen LogP contribution in [0.3, 0.4) is 0 Å². The second-order valence-electron chi connectivity index (χ2n) is 7.65. The monoisotopic (exact) mass is 308 g/mol. The average molecular weight is 309 g/mol. The maximum absolute atomic E-state index is 3.92. The van der Waals surface area contributed by atoms with Crippen molar-refractivity contribution in [3.63, 3.8) is 0 Å². The average Bonchev–Trinajstić information content (AvgIpc) is 2.64. The van der Waals surface area contributed by atoms with Crippen LogP contribution < -0.4 is 10.6 Å². The van der Waals surface area contributed by atoms with E-state index in [1.807, 2.05) is 0 Å². The van der Waals surface area contributed by atoms with Gasteiger partial charge < -0.3 is 10.6 Å². The summed E-state index contributed by atoms with van der Waals surface area (Å²) < 4.78 is 0. The maximum atomic E-state index is 3.92. The Bertz CT molecular complexity index is 204. The van der Waals surface area contributed by atoms with E-state index in [4.69, 9.17) is 0 Å². The van der Waals surface area contributed by atoms with Crippen molar-refractivity contribution in [3.8, 4) is 0 Å². The van der Waals surface area contributed by atoms with E-state index in [0.717, 1.165) is 12.1 Å². The molecule has 2 rings (SSSR count). The molecule has 0 aromatic heterocycles. The van der Waals surface area contributed by atoms with Gasteiger partial charge in [-0.15, -0.1) is 0 Å². The van der Waals surface area contributed by atoms with Gasteiger partial charge in [0.05, 0.1) is 0 Å². The van der Waals surface area contributed by atoms with E-state index in [1.165, 1.54) is 116 Å². The van der Waals surface area contributed by atoms with Crippen molar-refractivity contribution in [1.82, 2.24) is 10.6 Å². The van der Waals surface area contributed by atoms with Crippen molar-refractivity contribution >= 4 is 0 Å². The van der Waals surface area contributed by atoms with Crippen LogP contribution in [0.1, 0.15) is 103 Å². The summed E-state index contributed by atoms with van der Waals surface area (Å²) in [5.41, 5.74) is 0. The van der Waals surface area contributed by atoms with E-state index in [0.29, 0.717) is 0 Å². The molecule has 2 saturated heterocycles. The van der Waals surface area contributed by atoms with E-state index < -0.39 is 0 Å². The van der Waals surface area contributed by atoms with Gasteiger partial charge in [0.2, 0.25) is 0 Å². The fourth-order valence-corrected chi connectivity index (χ4v) is 4.21. The summed E-state index contributed by atoms with van der Waals surface area (Å²) in [6, 6.07) is 1.44. The molecular weight excluding hydrogens is 268 g/mol. The van der Waals surface area contributed by atoms with Gasteiger partial charge in [0.15, 0.2) is 0 Å². The summed E-state index contributed by atoms with van der Waals surface area (Å²) in [6.45, 7) is 2.48. The SMILES string of the molecule is C1CCCCNC(C2CCCCCCCCCN2)CCCC1. The summed E-state index contributed by atoms with van der Waals surface area (Å²) >= 11 is 0. The molecule has 2 heterocycles. The highest BCUT2D eigenvalue weighted by molar-refractivity contribution is 4.83. The molecule has 2 aliphatic rings. The van der Waals surface area contributed by atoms with Gasteiger partial charge in [0.25, 0.3) is 0 Å². The molecule has 2 heteroatoms. The van der Waals surface area contributed by atoms with Crippen molar-refractivity contribution in [3.05, 3.63) is 0 Å². The van der Waals surface area contributed by atoms with Crippen LogP contribution in [0.15, 0.2) is 0 Å². The second-order valence-corrected chi connectivity index (χ2v) is 7.65. The third-order valence-electron chi connectivity index (χ3n) is 5.68. The molecule has 2 unspecified atom stereocenters. The maximum Gasteiger partial charge on any atom is 0.0221 e. The molecule has 0 saturated carbocycles. The van der Waals surface area contributed by atoms with Crippen LogP contribution in [0.25, 0.3) is 0 Å². The molecular formula is C20H40N2. The summed E-state index contributed by atoms with van der Waals surface area (Å²) in [5.74, 6) is 0. The Morgan fingerprint density at radius 1 is 0.364 bits per heavy atom. The van der Waals surface area contributed by atoms with Gasteiger partial charge >= 0.3 is 0 Å². The van der Waals surface area contributed by atoms with Crippen LogP contribution in [-0.4, -0.2) is 25.2 Å². The third kappa shape index (κ3) is 7.97. The fourth-order valence-electron chi connectivity index (χ4n) is 4.21. The molecule has 22 heavy (non-hydrogen) atoms. The number of hydrogen-bond donors (Lipinski definition) is 2. The van der Waals surface area contributed by atoms with E-state index >= 15 is 0 Å². The molecule has 0 radical (unpaired) electrons. The Labute approximate surface area is 139 Å². The normalized spacial score (nSPS) is 31.6. The topological polar surface area (TPSA) is 24.1 Å². The summed E-state index contributed by atoms with van der Waals surface area (Å²) in [5, 5.41) is 7.85. The summed E-state index contributed by atoms with van der Waals surface area (Å²) in [7, 11) is 0. The number of hydrogen-bond acceptors (Lipinski definition) is 2. The zero-order chi connectivity index (χ0) is 15.3. The Hall–Kier alpha value is -0.0800. The minimum atomic E-state index is 0.721. The smallest absolute Gasteiger partial charge is 0.0221 e. The molecule has 2 N–H and O–H groups in total. The van der Waals surface area contributed by atoms with Crippen molar-refractivity contribution in [1.29, 1.82) is 0 Å². The quantitative estimate of drug-likeness (QED) is 0.698. The Kier molecular flexibility index (Phi) is 10.3. The molecule has 2 atom stereocenters. The minimum Gasteiger partial charge on any atom is -0.312 e. The second kappa shape index (κ2) is 12.4. The summed E-state index contributed by atoms with van der Waals surface area (Å²) in [6.07, 6.45) is 22.9. The first kappa shape index (κ1) is 18.3. The first-order valence-corrected chi connectivity index (χ1v) is 10.4. The summed E-state index contributed by atoms with van der Waals surface area (Å²) in [4.78, 5) is 0. The van der Waals surface area contributed by atoms with E-state index in [-0.39, 0.29) is 0 Å². The van der Waals surface area contributed by atoms with Gasteiger partial charge in [-0.1, -0.05) is 77.0 Å². The highest BCUT2D eigenvalue weighted by atomic mass is 15.0. The molecule has 0 aromatic rings. The van der Waals surface area contributed by atoms with E-state index in [2.05, 4.69) is 10.6 Å². The highest BCUT2D eigenvalue weighted by Crippen LogP contribution is 2.18. The van der Waals surface area contributed by atoms with Crippen LogP contribution in [0.5, 0.6) is 0 Å². The molecule has 130 valence electrons.